The third-order valence-electron chi connectivity index (χ3n) is 4.54. The van der Waals surface area contributed by atoms with Gasteiger partial charge < -0.3 is 24.8 Å². The zero-order chi connectivity index (χ0) is 20.2. The number of amides is 2. The van der Waals surface area contributed by atoms with Gasteiger partial charge in [-0.3, -0.25) is 14.4 Å². The predicted octanol–water partition coefficient (Wildman–Crippen LogP) is 1.71. The van der Waals surface area contributed by atoms with E-state index in [-0.39, 0.29) is 25.3 Å². The number of hydrogen-bond donors (Lipinski definition) is 2. The van der Waals surface area contributed by atoms with Crippen LogP contribution in [-0.4, -0.2) is 37.2 Å². The van der Waals surface area contributed by atoms with Crippen LogP contribution in [0.25, 0.3) is 0 Å². The number of carbonyl (C=O) groups is 3. The molecule has 2 amide bonds. The van der Waals surface area contributed by atoms with E-state index < -0.39 is 18.0 Å². The summed E-state index contributed by atoms with van der Waals surface area (Å²) in [5.74, 6) is -0.499. The third-order valence-corrected chi connectivity index (χ3v) is 4.54. The predicted molar refractivity (Wildman–Crippen MR) is 101 cm³/mol. The fourth-order valence-electron chi connectivity index (χ4n) is 2.87. The van der Waals surface area contributed by atoms with Gasteiger partial charge in [0.2, 0.25) is 12.9 Å². The minimum Gasteiger partial charge on any atom is -0.454 e. The van der Waals surface area contributed by atoms with Gasteiger partial charge in [-0.05, 0) is 31.0 Å². The Balaban J connectivity index is 1.36. The van der Waals surface area contributed by atoms with E-state index in [0.29, 0.717) is 22.6 Å². The van der Waals surface area contributed by atoms with Crippen molar-refractivity contribution in [3.8, 4) is 11.5 Å². The molecule has 2 N–H and O–H groups in total. The van der Waals surface area contributed by atoms with Crippen LogP contribution in [0.1, 0.15) is 34.9 Å². The van der Waals surface area contributed by atoms with E-state index in [4.69, 9.17) is 14.2 Å². The second-order valence-corrected chi connectivity index (χ2v) is 6.81. The molecule has 0 spiro atoms. The lowest BCUT2D eigenvalue weighted by Crippen LogP contribution is -2.36. The van der Waals surface area contributed by atoms with E-state index in [9.17, 15) is 14.4 Å². The van der Waals surface area contributed by atoms with Crippen molar-refractivity contribution in [3.05, 3.63) is 59.7 Å². The number of hydrogen-bond acceptors (Lipinski definition) is 6. The number of carbonyl (C=O) groups excluding carboxylic acids is 3. The van der Waals surface area contributed by atoms with Crippen molar-refractivity contribution in [1.82, 2.24) is 10.6 Å². The maximum atomic E-state index is 12.5. The summed E-state index contributed by atoms with van der Waals surface area (Å²) in [4.78, 5) is 37.1. The maximum absolute atomic E-state index is 12.5. The molecule has 2 aromatic carbocycles. The summed E-state index contributed by atoms with van der Waals surface area (Å²) in [6.45, 7) is -0.260. The first kappa shape index (κ1) is 18.8. The van der Waals surface area contributed by atoms with Gasteiger partial charge in [-0.2, -0.15) is 0 Å². The highest BCUT2D eigenvalue weighted by atomic mass is 16.7. The van der Waals surface area contributed by atoms with E-state index in [1.165, 1.54) is 0 Å². The Labute approximate surface area is 167 Å². The van der Waals surface area contributed by atoms with Crippen molar-refractivity contribution in [2.75, 3.05) is 13.3 Å². The molecule has 29 heavy (non-hydrogen) atoms. The Kier molecular flexibility index (Phi) is 5.33. The van der Waals surface area contributed by atoms with Crippen LogP contribution in [0, 0.1) is 0 Å². The summed E-state index contributed by atoms with van der Waals surface area (Å²) in [5.41, 5.74) is 0.897. The molecule has 1 heterocycles. The van der Waals surface area contributed by atoms with Crippen LogP contribution in [0.5, 0.6) is 11.5 Å². The van der Waals surface area contributed by atoms with Gasteiger partial charge in [0.05, 0.1) is 0 Å². The molecule has 0 radical (unpaired) electrons. The maximum Gasteiger partial charge on any atom is 0.326 e. The quantitative estimate of drug-likeness (QED) is 0.691. The number of fused-ring (bicyclic) bond motifs is 1. The van der Waals surface area contributed by atoms with Crippen LogP contribution in [0.4, 0.5) is 0 Å². The minimum absolute atomic E-state index is 0.108. The van der Waals surface area contributed by atoms with E-state index >= 15 is 0 Å². The molecule has 1 fully saturated rings. The summed E-state index contributed by atoms with van der Waals surface area (Å²) in [6, 6.07) is 13.7. The molecule has 0 saturated heterocycles. The zero-order valence-corrected chi connectivity index (χ0v) is 15.6. The fourth-order valence-corrected chi connectivity index (χ4v) is 2.87. The first-order valence-electron chi connectivity index (χ1n) is 9.33. The van der Waals surface area contributed by atoms with E-state index in [1.807, 2.05) is 6.07 Å². The third kappa shape index (κ3) is 4.66. The van der Waals surface area contributed by atoms with Crippen LogP contribution in [0.2, 0.25) is 0 Å². The topological polar surface area (TPSA) is 103 Å². The van der Waals surface area contributed by atoms with Crippen molar-refractivity contribution in [1.29, 1.82) is 0 Å². The molecule has 0 bridgehead atoms. The highest BCUT2D eigenvalue weighted by Crippen LogP contribution is 2.32. The SMILES string of the molecule is O=C(CNC(=O)c1ccc2c(c1)OCO2)O[C@@H](C(=O)NC1CC1)c1ccccc1. The Morgan fingerprint density at radius 3 is 2.55 bits per heavy atom. The summed E-state index contributed by atoms with van der Waals surface area (Å²) < 4.78 is 15.8. The van der Waals surface area contributed by atoms with E-state index in [2.05, 4.69) is 10.6 Å². The molecule has 150 valence electrons. The van der Waals surface area contributed by atoms with Crippen molar-refractivity contribution in [2.45, 2.75) is 25.0 Å². The van der Waals surface area contributed by atoms with Crippen molar-refractivity contribution < 1.29 is 28.6 Å². The van der Waals surface area contributed by atoms with Crippen LogP contribution >= 0.6 is 0 Å². The Morgan fingerprint density at radius 1 is 1.03 bits per heavy atom. The van der Waals surface area contributed by atoms with Crippen LogP contribution in [0.15, 0.2) is 48.5 Å². The number of benzene rings is 2. The fraction of sp³-hybridized carbons (Fsp3) is 0.286. The van der Waals surface area contributed by atoms with Gasteiger partial charge in [0.1, 0.15) is 6.54 Å². The van der Waals surface area contributed by atoms with Gasteiger partial charge in [0.25, 0.3) is 11.8 Å². The highest BCUT2D eigenvalue weighted by Gasteiger charge is 2.30. The van der Waals surface area contributed by atoms with Gasteiger partial charge in [-0.25, -0.2) is 0 Å². The summed E-state index contributed by atoms with van der Waals surface area (Å²) >= 11 is 0. The molecular formula is C21H20N2O6. The molecule has 1 saturated carbocycles. The van der Waals surface area contributed by atoms with E-state index in [0.717, 1.165) is 12.8 Å². The molecule has 8 nitrogen and oxygen atoms in total. The number of esters is 1. The van der Waals surface area contributed by atoms with E-state index in [1.54, 1.807) is 42.5 Å². The first-order valence-corrected chi connectivity index (χ1v) is 9.33. The number of rotatable bonds is 7. The molecule has 1 aliphatic carbocycles. The Hall–Kier alpha value is -3.55. The van der Waals surface area contributed by atoms with Crippen molar-refractivity contribution >= 4 is 17.8 Å². The van der Waals surface area contributed by atoms with Crippen molar-refractivity contribution in [2.24, 2.45) is 0 Å². The first-order chi connectivity index (χ1) is 14.1. The molecule has 1 aliphatic heterocycles. The Morgan fingerprint density at radius 2 is 1.79 bits per heavy atom. The van der Waals surface area contributed by atoms with Gasteiger partial charge >= 0.3 is 5.97 Å². The average Bonchev–Trinajstić information content (AvgIpc) is 3.43. The normalized spacial score (nSPS) is 15.3. The number of ether oxygens (including phenoxy) is 3. The van der Waals surface area contributed by atoms with Gasteiger partial charge in [0.15, 0.2) is 11.5 Å². The lowest BCUT2D eigenvalue weighted by molar-refractivity contribution is -0.155. The molecule has 2 aromatic rings. The molecular weight excluding hydrogens is 376 g/mol. The monoisotopic (exact) mass is 396 g/mol. The van der Waals surface area contributed by atoms with Crippen molar-refractivity contribution in [3.63, 3.8) is 0 Å². The summed E-state index contributed by atoms with van der Waals surface area (Å²) in [7, 11) is 0. The smallest absolute Gasteiger partial charge is 0.326 e. The molecule has 2 aliphatic rings. The van der Waals surface area contributed by atoms with Crippen LogP contribution < -0.4 is 20.1 Å². The molecule has 8 heteroatoms. The zero-order valence-electron chi connectivity index (χ0n) is 15.6. The van der Waals surface area contributed by atoms with Gasteiger partial charge in [-0.1, -0.05) is 30.3 Å². The van der Waals surface area contributed by atoms with Gasteiger partial charge in [-0.15, -0.1) is 0 Å². The minimum atomic E-state index is -1.06. The summed E-state index contributed by atoms with van der Waals surface area (Å²) in [6.07, 6.45) is 0.784. The van der Waals surface area contributed by atoms with Crippen LogP contribution in [0.3, 0.4) is 0 Å². The Bertz CT molecular complexity index is 926. The second-order valence-electron chi connectivity index (χ2n) is 6.81. The molecule has 0 unspecified atom stereocenters. The van der Waals surface area contributed by atoms with Crippen LogP contribution in [-0.2, 0) is 14.3 Å². The van der Waals surface area contributed by atoms with Gasteiger partial charge in [0, 0.05) is 17.2 Å². The number of nitrogens with one attached hydrogen (secondary N) is 2. The molecule has 4 rings (SSSR count). The molecule has 1 atom stereocenters. The lowest BCUT2D eigenvalue weighted by atomic mass is 10.1. The second kappa shape index (κ2) is 8.22. The summed E-state index contributed by atoms with van der Waals surface area (Å²) in [5, 5.41) is 5.34. The standard InChI is InChI=1S/C21H20N2O6/c24-18(11-22-20(25)14-6-9-16-17(10-14)28-12-27-16)29-19(13-4-2-1-3-5-13)21(26)23-15-7-8-15/h1-6,9-10,15,19H,7-8,11-12H2,(H,22,25)(H,23,26)/t19-/m1/s1. The average molecular weight is 396 g/mol. The largest absolute Gasteiger partial charge is 0.454 e. The highest BCUT2D eigenvalue weighted by molar-refractivity contribution is 5.96. The lowest BCUT2D eigenvalue weighted by Gasteiger charge is -2.18. The molecule has 0 aromatic heterocycles.